The smallest absolute Gasteiger partial charge is 0.0728 e. The first-order valence-electron chi connectivity index (χ1n) is 7.75. The van der Waals surface area contributed by atoms with Crippen molar-refractivity contribution in [3.05, 3.63) is 30.0 Å². The van der Waals surface area contributed by atoms with Crippen LogP contribution < -0.4 is 15.5 Å². The predicted molar refractivity (Wildman–Crippen MR) is 90.0 cm³/mol. The lowest BCUT2D eigenvalue weighted by molar-refractivity contribution is 0.578. The molecule has 0 unspecified atom stereocenters. The van der Waals surface area contributed by atoms with Crippen molar-refractivity contribution in [3.63, 3.8) is 0 Å². The first-order chi connectivity index (χ1) is 10.2. The van der Waals surface area contributed by atoms with Crippen LogP contribution in [0.1, 0.15) is 25.0 Å². The Morgan fingerprint density at radius 3 is 2.57 bits per heavy atom. The molecule has 1 fully saturated rings. The van der Waals surface area contributed by atoms with E-state index in [1.807, 2.05) is 0 Å². The number of hydrogen-bond acceptors (Lipinski definition) is 4. The van der Waals surface area contributed by atoms with Crippen LogP contribution in [-0.4, -0.2) is 32.2 Å². The molecule has 1 aliphatic heterocycles. The van der Waals surface area contributed by atoms with E-state index in [9.17, 15) is 0 Å². The Bertz CT molecular complexity index is 630. The zero-order chi connectivity index (χ0) is 14.8. The zero-order valence-electron chi connectivity index (χ0n) is 13.0. The van der Waals surface area contributed by atoms with Crippen molar-refractivity contribution >= 4 is 22.3 Å². The molecule has 21 heavy (non-hydrogen) atoms. The number of piperidine rings is 1. The molecule has 1 saturated heterocycles. The fourth-order valence-electron chi connectivity index (χ4n) is 3.07. The summed E-state index contributed by atoms with van der Waals surface area (Å²) in [5, 5.41) is 1.21. The van der Waals surface area contributed by atoms with Crippen LogP contribution in [0.5, 0.6) is 0 Å². The Labute approximate surface area is 126 Å². The number of aromatic nitrogens is 1. The highest BCUT2D eigenvalue weighted by atomic mass is 15.1. The van der Waals surface area contributed by atoms with Crippen molar-refractivity contribution in [1.29, 1.82) is 0 Å². The summed E-state index contributed by atoms with van der Waals surface area (Å²) in [6.07, 6.45) is 3.94. The third-order valence-corrected chi connectivity index (χ3v) is 4.24. The van der Waals surface area contributed by atoms with Crippen molar-refractivity contribution in [3.8, 4) is 0 Å². The van der Waals surface area contributed by atoms with Crippen molar-refractivity contribution in [2.24, 2.45) is 5.73 Å². The summed E-state index contributed by atoms with van der Waals surface area (Å²) in [5.41, 5.74) is 10.2. The molecule has 4 nitrogen and oxygen atoms in total. The van der Waals surface area contributed by atoms with Gasteiger partial charge in [0.2, 0.25) is 0 Å². The minimum absolute atomic E-state index is 0.477. The molecule has 0 atom stereocenters. The molecular weight excluding hydrogens is 260 g/mol. The van der Waals surface area contributed by atoms with Crippen molar-refractivity contribution in [1.82, 2.24) is 4.98 Å². The Morgan fingerprint density at radius 2 is 1.90 bits per heavy atom. The maximum atomic E-state index is 5.77. The number of pyridine rings is 1. The van der Waals surface area contributed by atoms with Gasteiger partial charge in [-0.25, -0.2) is 0 Å². The number of fused-ring (bicyclic) bond motifs is 1. The van der Waals surface area contributed by atoms with Crippen LogP contribution in [0.2, 0.25) is 0 Å². The van der Waals surface area contributed by atoms with E-state index in [-0.39, 0.29) is 0 Å². The molecule has 1 aromatic carbocycles. The van der Waals surface area contributed by atoms with Gasteiger partial charge in [-0.15, -0.1) is 0 Å². The highest BCUT2D eigenvalue weighted by molar-refractivity contribution is 5.94. The van der Waals surface area contributed by atoms with E-state index in [2.05, 4.69) is 53.1 Å². The van der Waals surface area contributed by atoms with Gasteiger partial charge in [-0.3, -0.25) is 4.98 Å². The quantitative estimate of drug-likeness (QED) is 0.941. The summed E-state index contributed by atoms with van der Waals surface area (Å²) in [6, 6.07) is 8.71. The largest absolute Gasteiger partial charge is 0.377 e. The van der Waals surface area contributed by atoms with Gasteiger partial charge in [0, 0.05) is 50.5 Å². The van der Waals surface area contributed by atoms with Crippen LogP contribution in [0.3, 0.4) is 0 Å². The van der Waals surface area contributed by atoms with Crippen LogP contribution >= 0.6 is 0 Å². The number of nitrogens with two attached hydrogens (primary N) is 1. The average Bonchev–Trinajstić information content (AvgIpc) is 2.54. The lowest BCUT2D eigenvalue weighted by atomic mass is 10.1. The van der Waals surface area contributed by atoms with Crippen molar-refractivity contribution in [2.75, 3.05) is 37.0 Å². The van der Waals surface area contributed by atoms with E-state index in [1.54, 1.807) is 0 Å². The molecule has 4 heteroatoms. The molecule has 0 radical (unpaired) electrons. The normalized spacial score (nSPS) is 15.5. The standard InChI is InChI=1S/C17H24N4/c1-20(2)17-10-13(12-18)19-16-7-6-14(11-15(16)17)21-8-4-3-5-9-21/h6-7,10-11H,3-5,8-9,12,18H2,1-2H3. The minimum Gasteiger partial charge on any atom is -0.377 e. The predicted octanol–water partition coefficient (Wildman–Crippen LogP) is 2.75. The fourth-order valence-corrected chi connectivity index (χ4v) is 3.07. The van der Waals surface area contributed by atoms with Gasteiger partial charge in [0.05, 0.1) is 11.2 Å². The molecule has 0 amide bonds. The molecule has 2 heterocycles. The monoisotopic (exact) mass is 284 g/mol. The highest BCUT2D eigenvalue weighted by Gasteiger charge is 2.13. The summed E-state index contributed by atoms with van der Waals surface area (Å²) in [7, 11) is 4.14. The van der Waals surface area contributed by atoms with Gasteiger partial charge >= 0.3 is 0 Å². The van der Waals surface area contributed by atoms with Gasteiger partial charge in [-0.2, -0.15) is 0 Å². The molecular formula is C17H24N4. The molecule has 0 saturated carbocycles. The first kappa shape index (κ1) is 14.1. The summed E-state index contributed by atoms with van der Waals surface area (Å²) in [6.45, 7) is 2.80. The lowest BCUT2D eigenvalue weighted by Crippen LogP contribution is -2.29. The van der Waals surface area contributed by atoms with Gasteiger partial charge in [0.25, 0.3) is 0 Å². The summed E-state index contributed by atoms with van der Waals surface area (Å²) in [4.78, 5) is 9.28. The number of anilines is 2. The Morgan fingerprint density at radius 1 is 1.14 bits per heavy atom. The molecule has 112 valence electrons. The van der Waals surface area contributed by atoms with Crippen LogP contribution in [0.4, 0.5) is 11.4 Å². The Kier molecular flexibility index (Phi) is 3.97. The van der Waals surface area contributed by atoms with Gasteiger partial charge < -0.3 is 15.5 Å². The molecule has 1 aliphatic rings. The summed E-state index contributed by atoms with van der Waals surface area (Å²) >= 11 is 0. The molecule has 0 spiro atoms. The average molecular weight is 284 g/mol. The first-order valence-corrected chi connectivity index (χ1v) is 7.75. The topological polar surface area (TPSA) is 45.4 Å². The third kappa shape index (κ3) is 2.81. The van der Waals surface area contributed by atoms with Crippen molar-refractivity contribution in [2.45, 2.75) is 25.8 Å². The minimum atomic E-state index is 0.477. The van der Waals surface area contributed by atoms with Crippen LogP contribution in [-0.2, 0) is 6.54 Å². The number of rotatable bonds is 3. The van der Waals surface area contributed by atoms with E-state index in [4.69, 9.17) is 5.73 Å². The maximum absolute atomic E-state index is 5.77. The second-order valence-corrected chi connectivity index (χ2v) is 5.98. The van der Waals surface area contributed by atoms with E-state index >= 15 is 0 Å². The molecule has 3 rings (SSSR count). The molecule has 1 aromatic heterocycles. The lowest BCUT2D eigenvalue weighted by Gasteiger charge is -2.29. The molecule has 2 N–H and O–H groups in total. The highest BCUT2D eigenvalue weighted by Crippen LogP contribution is 2.30. The number of benzene rings is 1. The Balaban J connectivity index is 2.08. The van der Waals surface area contributed by atoms with Crippen LogP contribution in [0.15, 0.2) is 24.3 Å². The maximum Gasteiger partial charge on any atom is 0.0728 e. The summed E-state index contributed by atoms with van der Waals surface area (Å²) < 4.78 is 0. The Hall–Kier alpha value is -1.81. The van der Waals surface area contributed by atoms with E-state index in [0.717, 1.165) is 24.3 Å². The van der Waals surface area contributed by atoms with Gasteiger partial charge in [-0.05, 0) is 43.5 Å². The number of nitrogens with zero attached hydrogens (tertiary/aromatic N) is 3. The summed E-state index contributed by atoms with van der Waals surface area (Å²) in [5.74, 6) is 0. The second-order valence-electron chi connectivity index (χ2n) is 5.98. The van der Waals surface area contributed by atoms with E-state index in [0.29, 0.717) is 6.54 Å². The van der Waals surface area contributed by atoms with Crippen LogP contribution in [0.25, 0.3) is 10.9 Å². The van der Waals surface area contributed by atoms with Crippen LogP contribution in [0, 0.1) is 0 Å². The molecule has 0 aliphatic carbocycles. The zero-order valence-corrected chi connectivity index (χ0v) is 13.0. The van der Waals surface area contributed by atoms with Crippen molar-refractivity contribution < 1.29 is 0 Å². The van der Waals surface area contributed by atoms with Gasteiger partial charge in [0.15, 0.2) is 0 Å². The van der Waals surface area contributed by atoms with E-state index < -0.39 is 0 Å². The fraction of sp³-hybridized carbons (Fsp3) is 0.471. The third-order valence-electron chi connectivity index (χ3n) is 4.24. The second kappa shape index (κ2) is 5.90. The van der Waals surface area contributed by atoms with Gasteiger partial charge in [0.1, 0.15) is 0 Å². The van der Waals surface area contributed by atoms with Gasteiger partial charge in [-0.1, -0.05) is 0 Å². The van der Waals surface area contributed by atoms with E-state index in [1.165, 1.54) is 36.0 Å². The molecule has 0 bridgehead atoms. The molecule has 2 aromatic rings. The SMILES string of the molecule is CN(C)c1cc(CN)nc2ccc(N3CCCCC3)cc12. The number of hydrogen-bond donors (Lipinski definition) is 1.